The molecule has 3 heteroatoms. The van der Waals surface area contributed by atoms with Crippen LogP contribution in [0.4, 0.5) is 5.82 Å². The second-order valence-electron chi connectivity index (χ2n) is 7.41. The van der Waals surface area contributed by atoms with Crippen LogP contribution in [0.15, 0.2) is 48.5 Å². The lowest BCUT2D eigenvalue weighted by molar-refractivity contribution is 0.878. The van der Waals surface area contributed by atoms with E-state index in [0.717, 1.165) is 46.5 Å². The molecular formula is C23H25N3. The lowest BCUT2D eigenvalue weighted by atomic mass is 10.0. The summed E-state index contributed by atoms with van der Waals surface area (Å²) in [6, 6.07) is 17.1. The van der Waals surface area contributed by atoms with E-state index in [1.54, 1.807) is 0 Å². The molecule has 4 rings (SSSR count). The molecule has 1 fully saturated rings. The van der Waals surface area contributed by atoms with Crippen molar-refractivity contribution in [3.8, 4) is 22.5 Å². The minimum atomic E-state index is 0.802. The van der Waals surface area contributed by atoms with Crippen molar-refractivity contribution >= 4 is 5.82 Å². The molecule has 0 radical (unpaired) electrons. The minimum absolute atomic E-state index is 0.802. The fourth-order valence-corrected chi connectivity index (χ4v) is 3.08. The van der Waals surface area contributed by atoms with Crippen molar-refractivity contribution in [2.75, 3.05) is 11.9 Å². The van der Waals surface area contributed by atoms with E-state index >= 15 is 0 Å². The highest BCUT2D eigenvalue weighted by atomic mass is 15.0. The van der Waals surface area contributed by atoms with Crippen LogP contribution in [-0.4, -0.2) is 16.5 Å². The zero-order chi connectivity index (χ0) is 18.1. The first-order valence-electron chi connectivity index (χ1n) is 9.37. The van der Waals surface area contributed by atoms with Gasteiger partial charge in [0, 0.05) is 17.7 Å². The summed E-state index contributed by atoms with van der Waals surface area (Å²) in [6.45, 7) is 7.24. The molecule has 1 saturated carbocycles. The standard InChI is InChI=1S/C23H25N3/c1-15-4-10-19(11-5-15)21-22(20-12-6-16(2)7-13-20)26-23(17(3)25-21)24-14-18-8-9-18/h4-7,10-13,18H,8-9,14H2,1-3H3,(H,24,26). The molecule has 132 valence electrons. The molecule has 2 aromatic carbocycles. The second-order valence-corrected chi connectivity index (χ2v) is 7.41. The van der Waals surface area contributed by atoms with Crippen LogP contribution in [0.25, 0.3) is 22.5 Å². The largest absolute Gasteiger partial charge is 0.368 e. The molecule has 0 amide bonds. The van der Waals surface area contributed by atoms with Gasteiger partial charge in [0.05, 0.1) is 17.1 Å². The Bertz CT molecular complexity index is 907. The Balaban J connectivity index is 1.81. The zero-order valence-corrected chi connectivity index (χ0v) is 15.7. The highest BCUT2D eigenvalue weighted by Gasteiger charge is 2.22. The van der Waals surface area contributed by atoms with Crippen molar-refractivity contribution in [1.29, 1.82) is 0 Å². The number of nitrogens with one attached hydrogen (secondary N) is 1. The lowest BCUT2D eigenvalue weighted by Gasteiger charge is -2.15. The van der Waals surface area contributed by atoms with Crippen LogP contribution >= 0.6 is 0 Å². The van der Waals surface area contributed by atoms with Crippen LogP contribution in [0, 0.1) is 26.7 Å². The SMILES string of the molecule is Cc1ccc(-c2nc(C)c(NCC3CC3)nc2-c2ccc(C)cc2)cc1. The summed E-state index contributed by atoms with van der Waals surface area (Å²) in [5.41, 5.74) is 7.55. The molecule has 0 unspecified atom stereocenters. The monoisotopic (exact) mass is 343 g/mol. The Morgan fingerprint density at radius 1 is 0.769 bits per heavy atom. The van der Waals surface area contributed by atoms with Gasteiger partial charge in [-0.25, -0.2) is 9.97 Å². The van der Waals surface area contributed by atoms with E-state index in [9.17, 15) is 0 Å². The first kappa shape index (κ1) is 16.8. The lowest BCUT2D eigenvalue weighted by Crippen LogP contribution is -2.09. The van der Waals surface area contributed by atoms with Gasteiger partial charge in [0.15, 0.2) is 0 Å². The van der Waals surface area contributed by atoms with E-state index in [1.807, 2.05) is 6.92 Å². The van der Waals surface area contributed by atoms with E-state index in [4.69, 9.17) is 9.97 Å². The third-order valence-electron chi connectivity index (χ3n) is 4.98. The molecule has 1 heterocycles. The first-order chi connectivity index (χ1) is 12.6. The van der Waals surface area contributed by atoms with E-state index in [2.05, 4.69) is 67.7 Å². The molecular weight excluding hydrogens is 318 g/mol. The predicted molar refractivity (Wildman–Crippen MR) is 108 cm³/mol. The maximum absolute atomic E-state index is 5.00. The Kier molecular flexibility index (Phi) is 4.46. The van der Waals surface area contributed by atoms with Gasteiger partial charge in [-0.15, -0.1) is 0 Å². The maximum Gasteiger partial charge on any atom is 0.148 e. The third kappa shape index (κ3) is 3.62. The van der Waals surface area contributed by atoms with Gasteiger partial charge in [0.25, 0.3) is 0 Å². The average Bonchev–Trinajstić information content (AvgIpc) is 3.46. The molecule has 3 aromatic rings. The molecule has 0 bridgehead atoms. The maximum atomic E-state index is 5.00. The van der Waals surface area contributed by atoms with Gasteiger partial charge in [0.2, 0.25) is 0 Å². The number of rotatable bonds is 5. The summed E-state index contributed by atoms with van der Waals surface area (Å²) >= 11 is 0. The van der Waals surface area contributed by atoms with Gasteiger partial charge in [-0.2, -0.15) is 0 Å². The van der Waals surface area contributed by atoms with Crippen molar-refractivity contribution in [3.63, 3.8) is 0 Å². The summed E-state index contributed by atoms with van der Waals surface area (Å²) in [5.74, 6) is 1.71. The van der Waals surface area contributed by atoms with E-state index in [-0.39, 0.29) is 0 Å². The molecule has 3 nitrogen and oxygen atoms in total. The second kappa shape index (κ2) is 6.91. The summed E-state index contributed by atoms with van der Waals surface area (Å²) in [4.78, 5) is 9.94. The number of anilines is 1. The Hall–Kier alpha value is -2.68. The van der Waals surface area contributed by atoms with E-state index in [1.165, 1.54) is 24.0 Å². The van der Waals surface area contributed by atoms with Crippen molar-refractivity contribution < 1.29 is 0 Å². The van der Waals surface area contributed by atoms with Crippen LogP contribution in [-0.2, 0) is 0 Å². The summed E-state index contributed by atoms with van der Waals surface area (Å²) in [6.07, 6.45) is 2.65. The van der Waals surface area contributed by atoms with E-state index < -0.39 is 0 Å². The number of hydrogen-bond donors (Lipinski definition) is 1. The van der Waals surface area contributed by atoms with Gasteiger partial charge >= 0.3 is 0 Å². The van der Waals surface area contributed by atoms with Crippen LogP contribution < -0.4 is 5.32 Å². The average molecular weight is 343 g/mol. The van der Waals surface area contributed by atoms with Gasteiger partial charge in [-0.3, -0.25) is 0 Å². The van der Waals surface area contributed by atoms with Crippen molar-refractivity contribution in [2.24, 2.45) is 5.92 Å². The third-order valence-corrected chi connectivity index (χ3v) is 4.98. The number of aryl methyl sites for hydroxylation is 3. The predicted octanol–water partition coefficient (Wildman–Crippen LogP) is 5.56. The van der Waals surface area contributed by atoms with Crippen LogP contribution in [0.5, 0.6) is 0 Å². The van der Waals surface area contributed by atoms with Crippen molar-refractivity contribution in [2.45, 2.75) is 33.6 Å². The molecule has 1 N–H and O–H groups in total. The Labute approximate surface area is 155 Å². The Morgan fingerprint density at radius 3 is 1.77 bits per heavy atom. The first-order valence-corrected chi connectivity index (χ1v) is 9.37. The smallest absolute Gasteiger partial charge is 0.148 e. The van der Waals surface area contributed by atoms with Crippen molar-refractivity contribution in [1.82, 2.24) is 9.97 Å². The molecule has 26 heavy (non-hydrogen) atoms. The van der Waals surface area contributed by atoms with Gasteiger partial charge in [0.1, 0.15) is 5.82 Å². The summed E-state index contributed by atoms with van der Waals surface area (Å²) in [7, 11) is 0. The fraction of sp³-hybridized carbons (Fsp3) is 0.304. The van der Waals surface area contributed by atoms with E-state index in [0.29, 0.717) is 0 Å². The number of benzene rings is 2. The summed E-state index contributed by atoms with van der Waals surface area (Å²) < 4.78 is 0. The number of aromatic nitrogens is 2. The molecule has 0 aliphatic heterocycles. The van der Waals surface area contributed by atoms with Crippen molar-refractivity contribution in [3.05, 3.63) is 65.4 Å². The van der Waals surface area contributed by atoms with Gasteiger partial charge < -0.3 is 5.32 Å². The highest BCUT2D eigenvalue weighted by Crippen LogP contribution is 2.33. The molecule has 1 aliphatic carbocycles. The summed E-state index contributed by atoms with van der Waals surface area (Å²) in [5, 5.41) is 3.51. The van der Waals surface area contributed by atoms with Gasteiger partial charge in [-0.05, 0) is 39.5 Å². The molecule has 0 atom stereocenters. The number of nitrogens with zero attached hydrogens (tertiary/aromatic N) is 2. The Morgan fingerprint density at radius 2 is 1.27 bits per heavy atom. The van der Waals surface area contributed by atoms with Crippen LogP contribution in [0.1, 0.15) is 29.7 Å². The number of hydrogen-bond acceptors (Lipinski definition) is 3. The fourth-order valence-electron chi connectivity index (χ4n) is 3.08. The molecule has 1 aromatic heterocycles. The topological polar surface area (TPSA) is 37.8 Å². The quantitative estimate of drug-likeness (QED) is 0.659. The van der Waals surface area contributed by atoms with Crippen LogP contribution in [0.2, 0.25) is 0 Å². The molecule has 1 aliphatic rings. The van der Waals surface area contributed by atoms with Gasteiger partial charge in [-0.1, -0.05) is 59.7 Å². The molecule has 0 spiro atoms. The highest BCUT2D eigenvalue weighted by molar-refractivity contribution is 5.79. The normalized spacial score (nSPS) is 13.7. The zero-order valence-electron chi connectivity index (χ0n) is 15.7. The minimum Gasteiger partial charge on any atom is -0.368 e. The van der Waals surface area contributed by atoms with Crippen LogP contribution in [0.3, 0.4) is 0 Å². The molecule has 0 saturated heterocycles.